The van der Waals surface area contributed by atoms with Crippen molar-refractivity contribution in [2.45, 2.75) is 13.5 Å². The van der Waals surface area contributed by atoms with Gasteiger partial charge in [0, 0.05) is 44.3 Å². The van der Waals surface area contributed by atoms with Crippen LogP contribution in [0.1, 0.15) is 17.4 Å². The Bertz CT molecular complexity index is 1020. The first-order valence-corrected chi connectivity index (χ1v) is 9.14. The van der Waals surface area contributed by atoms with Gasteiger partial charge in [-0.2, -0.15) is 5.10 Å². The van der Waals surface area contributed by atoms with Crippen LogP contribution in [0.2, 0.25) is 0 Å². The van der Waals surface area contributed by atoms with Gasteiger partial charge in [0.05, 0.1) is 5.52 Å². The zero-order chi connectivity index (χ0) is 18.8. The van der Waals surface area contributed by atoms with Crippen LogP contribution in [0.25, 0.3) is 10.9 Å². The summed E-state index contributed by atoms with van der Waals surface area (Å²) in [6.45, 7) is 4.97. The molecular formula is C20H21N5O2. The van der Waals surface area contributed by atoms with E-state index in [1.807, 2.05) is 43.3 Å². The SMILES string of the molecule is CCn1nc(C(=O)N2CCN(c3ccccn3)CC2)c(=O)c2ccccc21. The number of piperazine rings is 1. The molecule has 7 nitrogen and oxygen atoms in total. The first-order chi connectivity index (χ1) is 13.2. The molecule has 1 aromatic carbocycles. The van der Waals surface area contributed by atoms with Crippen LogP contribution in [0.15, 0.2) is 53.5 Å². The number of aromatic nitrogens is 3. The number of carbonyl (C=O) groups is 1. The van der Waals surface area contributed by atoms with Crippen molar-refractivity contribution in [2.24, 2.45) is 0 Å². The number of anilines is 1. The Kier molecular flexibility index (Phi) is 4.58. The Hall–Kier alpha value is -3.22. The standard InChI is InChI=1S/C20H21N5O2/c1-2-25-16-8-4-3-7-15(16)19(26)18(22-25)20(27)24-13-11-23(12-14-24)17-9-5-6-10-21-17/h3-10H,2,11-14H2,1H3. The summed E-state index contributed by atoms with van der Waals surface area (Å²) >= 11 is 0. The lowest BCUT2D eigenvalue weighted by atomic mass is 10.1. The molecule has 27 heavy (non-hydrogen) atoms. The minimum absolute atomic E-state index is 0.00170. The van der Waals surface area contributed by atoms with Gasteiger partial charge in [0.25, 0.3) is 5.91 Å². The van der Waals surface area contributed by atoms with E-state index in [4.69, 9.17) is 0 Å². The quantitative estimate of drug-likeness (QED) is 0.709. The third kappa shape index (κ3) is 3.16. The monoisotopic (exact) mass is 363 g/mol. The summed E-state index contributed by atoms with van der Waals surface area (Å²) < 4.78 is 1.72. The van der Waals surface area contributed by atoms with E-state index in [-0.39, 0.29) is 17.0 Å². The number of fused-ring (bicyclic) bond motifs is 1. The smallest absolute Gasteiger partial charge is 0.278 e. The van der Waals surface area contributed by atoms with E-state index in [1.165, 1.54) is 0 Å². The van der Waals surface area contributed by atoms with Gasteiger partial charge in [0.15, 0.2) is 5.69 Å². The van der Waals surface area contributed by atoms with Gasteiger partial charge >= 0.3 is 0 Å². The maximum absolute atomic E-state index is 13.0. The van der Waals surface area contributed by atoms with Gasteiger partial charge in [-0.1, -0.05) is 18.2 Å². The molecule has 3 aromatic rings. The van der Waals surface area contributed by atoms with E-state index in [0.717, 1.165) is 11.3 Å². The van der Waals surface area contributed by atoms with Gasteiger partial charge in [-0.15, -0.1) is 0 Å². The molecule has 0 saturated carbocycles. The molecule has 1 amide bonds. The second-order valence-corrected chi connectivity index (χ2v) is 6.48. The Labute approximate surface area is 156 Å². The number of hydrogen-bond donors (Lipinski definition) is 0. The number of para-hydroxylation sites is 1. The average molecular weight is 363 g/mol. The van der Waals surface area contributed by atoms with Gasteiger partial charge in [0.2, 0.25) is 5.43 Å². The summed E-state index contributed by atoms with van der Waals surface area (Å²) in [5.41, 5.74) is 0.454. The molecule has 7 heteroatoms. The minimum Gasteiger partial charge on any atom is -0.353 e. The normalized spacial score (nSPS) is 14.6. The number of amides is 1. The van der Waals surface area contributed by atoms with Crippen molar-refractivity contribution in [3.63, 3.8) is 0 Å². The maximum Gasteiger partial charge on any atom is 0.278 e. The lowest BCUT2D eigenvalue weighted by Crippen LogP contribution is -2.50. The Balaban J connectivity index is 1.59. The first-order valence-electron chi connectivity index (χ1n) is 9.14. The van der Waals surface area contributed by atoms with Gasteiger partial charge in [-0.05, 0) is 31.2 Å². The van der Waals surface area contributed by atoms with Crippen molar-refractivity contribution in [1.29, 1.82) is 0 Å². The number of benzene rings is 1. The van der Waals surface area contributed by atoms with Crippen molar-refractivity contribution in [1.82, 2.24) is 19.7 Å². The van der Waals surface area contributed by atoms with Crippen molar-refractivity contribution in [3.05, 3.63) is 64.6 Å². The number of carbonyl (C=O) groups excluding carboxylic acids is 1. The lowest BCUT2D eigenvalue weighted by molar-refractivity contribution is 0.0737. The molecule has 1 aliphatic rings. The van der Waals surface area contributed by atoms with Gasteiger partial charge in [-0.25, -0.2) is 4.98 Å². The maximum atomic E-state index is 13.0. The zero-order valence-electron chi connectivity index (χ0n) is 15.2. The van der Waals surface area contributed by atoms with Crippen LogP contribution in [0.3, 0.4) is 0 Å². The molecule has 3 heterocycles. The van der Waals surface area contributed by atoms with Crippen LogP contribution >= 0.6 is 0 Å². The summed E-state index contributed by atoms with van der Waals surface area (Å²) in [4.78, 5) is 34.0. The minimum atomic E-state index is -0.299. The molecule has 1 saturated heterocycles. The molecule has 1 aliphatic heterocycles. The molecular weight excluding hydrogens is 342 g/mol. The molecule has 2 aromatic heterocycles. The van der Waals surface area contributed by atoms with Gasteiger partial charge in [0.1, 0.15) is 5.82 Å². The van der Waals surface area contributed by atoms with E-state index in [0.29, 0.717) is 38.1 Å². The largest absolute Gasteiger partial charge is 0.353 e. The van der Waals surface area contributed by atoms with Crippen LogP contribution in [0, 0.1) is 0 Å². The fourth-order valence-electron chi connectivity index (χ4n) is 3.45. The fourth-order valence-corrected chi connectivity index (χ4v) is 3.45. The molecule has 4 rings (SSSR count). The van der Waals surface area contributed by atoms with Crippen LogP contribution in [-0.4, -0.2) is 51.8 Å². The average Bonchev–Trinajstić information content (AvgIpc) is 2.74. The van der Waals surface area contributed by atoms with Gasteiger partial charge in [-0.3, -0.25) is 14.3 Å². The molecule has 0 atom stereocenters. The van der Waals surface area contributed by atoms with Crippen LogP contribution in [0.5, 0.6) is 0 Å². The summed E-state index contributed by atoms with van der Waals surface area (Å²) in [5, 5.41) is 4.89. The van der Waals surface area contributed by atoms with Crippen molar-refractivity contribution in [2.75, 3.05) is 31.1 Å². The van der Waals surface area contributed by atoms with Crippen LogP contribution in [-0.2, 0) is 6.54 Å². The molecule has 138 valence electrons. The second-order valence-electron chi connectivity index (χ2n) is 6.48. The highest BCUT2D eigenvalue weighted by atomic mass is 16.2. The van der Waals surface area contributed by atoms with Crippen molar-refractivity contribution >= 4 is 22.6 Å². The topological polar surface area (TPSA) is 71.3 Å². The highest BCUT2D eigenvalue weighted by molar-refractivity contribution is 5.95. The number of rotatable bonds is 3. The lowest BCUT2D eigenvalue weighted by Gasteiger charge is -2.35. The number of hydrogen-bond acceptors (Lipinski definition) is 5. The third-order valence-corrected chi connectivity index (χ3v) is 4.90. The summed E-state index contributed by atoms with van der Waals surface area (Å²) in [6.07, 6.45) is 1.76. The van der Waals surface area contributed by atoms with Crippen LogP contribution in [0.4, 0.5) is 5.82 Å². The molecule has 1 fully saturated rings. The second kappa shape index (κ2) is 7.19. The molecule has 0 aliphatic carbocycles. The summed E-state index contributed by atoms with van der Waals surface area (Å²) in [5.74, 6) is 0.607. The fraction of sp³-hybridized carbons (Fsp3) is 0.300. The summed E-state index contributed by atoms with van der Waals surface area (Å²) in [6, 6.07) is 13.1. The Morgan fingerprint density at radius 3 is 2.48 bits per heavy atom. The zero-order valence-corrected chi connectivity index (χ0v) is 15.2. The summed E-state index contributed by atoms with van der Waals surface area (Å²) in [7, 11) is 0. The molecule has 0 radical (unpaired) electrons. The number of pyridine rings is 1. The van der Waals surface area contributed by atoms with Crippen molar-refractivity contribution in [3.8, 4) is 0 Å². The van der Waals surface area contributed by atoms with E-state index >= 15 is 0 Å². The van der Waals surface area contributed by atoms with E-state index in [2.05, 4.69) is 15.0 Å². The molecule has 0 N–H and O–H groups in total. The highest BCUT2D eigenvalue weighted by Crippen LogP contribution is 2.15. The predicted molar refractivity (Wildman–Crippen MR) is 104 cm³/mol. The van der Waals surface area contributed by atoms with Crippen LogP contribution < -0.4 is 10.3 Å². The first kappa shape index (κ1) is 17.2. The molecule has 0 bridgehead atoms. The van der Waals surface area contributed by atoms with E-state index in [1.54, 1.807) is 21.8 Å². The highest BCUT2D eigenvalue weighted by Gasteiger charge is 2.26. The third-order valence-electron chi connectivity index (χ3n) is 4.90. The van der Waals surface area contributed by atoms with Gasteiger partial charge < -0.3 is 9.80 Å². The Morgan fingerprint density at radius 2 is 1.78 bits per heavy atom. The predicted octanol–water partition coefficient (Wildman–Crippen LogP) is 1.77. The number of aryl methyl sites for hydroxylation is 1. The Morgan fingerprint density at radius 1 is 1.04 bits per heavy atom. The molecule has 0 unspecified atom stereocenters. The van der Waals surface area contributed by atoms with E-state index in [9.17, 15) is 9.59 Å². The molecule has 0 spiro atoms. The number of nitrogens with zero attached hydrogens (tertiary/aromatic N) is 5. The van der Waals surface area contributed by atoms with Crippen molar-refractivity contribution < 1.29 is 4.79 Å². The van der Waals surface area contributed by atoms with E-state index < -0.39 is 0 Å².